The molecule has 4 aromatic rings. The fraction of sp³-hybridized carbons (Fsp3) is 0.0690. The molecule has 1 saturated heterocycles. The van der Waals surface area contributed by atoms with E-state index >= 15 is 0 Å². The number of rotatable bonds is 5. The number of aromatic nitrogens is 1. The number of anilines is 2. The first-order chi connectivity index (χ1) is 18.3. The molecule has 1 aromatic heterocycles. The SMILES string of the molecule is Cc1cc(C=C2C(=O)N(c3ccccc3)C(=S)N(c3ccccc3)C2=O)c(C)n1-c1cccc([N+](=O)[O-])c1. The lowest BCUT2D eigenvalue weighted by Gasteiger charge is -2.36. The number of nitro benzene ring substituents is 1. The minimum absolute atomic E-state index is 0.0296. The fourth-order valence-electron chi connectivity index (χ4n) is 4.57. The summed E-state index contributed by atoms with van der Waals surface area (Å²) in [5, 5.41) is 11.4. The molecule has 38 heavy (non-hydrogen) atoms. The van der Waals surface area contributed by atoms with Crippen molar-refractivity contribution in [3.8, 4) is 5.69 Å². The van der Waals surface area contributed by atoms with Gasteiger partial charge < -0.3 is 4.57 Å². The van der Waals surface area contributed by atoms with Crippen LogP contribution in [0.25, 0.3) is 11.8 Å². The van der Waals surface area contributed by atoms with Crippen molar-refractivity contribution in [1.82, 2.24) is 4.57 Å². The van der Waals surface area contributed by atoms with Crippen LogP contribution in [0, 0.1) is 24.0 Å². The average Bonchev–Trinajstić information content (AvgIpc) is 3.20. The summed E-state index contributed by atoms with van der Waals surface area (Å²) in [6, 6.07) is 26.0. The molecule has 0 unspecified atom stereocenters. The van der Waals surface area contributed by atoms with Crippen LogP contribution in [0.2, 0.25) is 0 Å². The number of carbonyl (C=O) groups is 2. The van der Waals surface area contributed by atoms with Crippen LogP contribution in [-0.4, -0.2) is 26.4 Å². The Balaban J connectivity index is 1.65. The Labute approximate surface area is 224 Å². The zero-order valence-corrected chi connectivity index (χ0v) is 21.4. The van der Waals surface area contributed by atoms with E-state index in [1.165, 1.54) is 21.9 Å². The number of para-hydroxylation sites is 2. The lowest BCUT2D eigenvalue weighted by Crippen LogP contribution is -2.56. The molecular formula is C29H22N4O4S. The highest BCUT2D eigenvalue weighted by Crippen LogP contribution is 2.31. The smallest absolute Gasteiger partial charge is 0.271 e. The van der Waals surface area contributed by atoms with Crippen molar-refractivity contribution in [3.05, 3.63) is 124 Å². The van der Waals surface area contributed by atoms with Crippen molar-refractivity contribution in [2.45, 2.75) is 13.8 Å². The van der Waals surface area contributed by atoms with Crippen molar-refractivity contribution in [2.24, 2.45) is 0 Å². The Morgan fingerprint density at radius 2 is 1.29 bits per heavy atom. The molecule has 0 N–H and O–H groups in total. The number of nitro groups is 1. The van der Waals surface area contributed by atoms with Gasteiger partial charge in [0.2, 0.25) is 0 Å². The molecule has 9 heteroatoms. The number of aryl methyl sites for hydroxylation is 1. The van der Waals surface area contributed by atoms with E-state index in [-0.39, 0.29) is 16.4 Å². The Bertz CT molecular complexity index is 1560. The number of nitrogens with zero attached hydrogens (tertiary/aromatic N) is 4. The standard InChI is InChI=1S/C29H22N4O4S/c1-19-16-21(20(2)30(19)24-14-9-15-25(18-24)33(36)37)17-26-27(34)31(22-10-5-3-6-11-22)29(38)32(28(26)35)23-12-7-4-8-13-23/h3-18H,1-2H3. The van der Waals surface area contributed by atoms with E-state index in [1.807, 2.05) is 36.6 Å². The average molecular weight is 523 g/mol. The summed E-state index contributed by atoms with van der Waals surface area (Å²) in [7, 11) is 0. The van der Waals surface area contributed by atoms with E-state index in [4.69, 9.17) is 12.2 Å². The molecular weight excluding hydrogens is 500 g/mol. The van der Waals surface area contributed by atoms with Crippen LogP contribution >= 0.6 is 12.2 Å². The van der Waals surface area contributed by atoms with Crippen LogP contribution in [0.5, 0.6) is 0 Å². The molecule has 0 saturated carbocycles. The monoisotopic (exact) mass is 522 g/mol. The van der Waals surface area contributed by atoms with Crippen LogP contribution in [-0.2, 0) is 9.59 Å². The normalized spacial score (nSPS) is 13.7. The van der Waals surface area contributed by atoms with Gasteiger partial charge in [-0.25, -0.2) is 0 Å². The number of amides is 2. The quantitative estimate of drug-likeness (QED) is 0.109. The molecule has 0 radical (unpaired) electrons. The molecule has 5 rings (SSSR count). The number of benzene rings is 3. The Morgan fingerprint density at radius 3 is 1.82 bits per heavy atom. The molecule has 0 spiro atoms. The number of hydrogen-bond acceptors (Lipinski definition) is 5. The van der Waals surface area contributed by atoms with Gasteiger partial charge in [-0.2, -0.15) is 0 Å². The Hall–Kier alpha value is -4.89. The van der Waals surface area contributed by atoms with E-state index in [2.05, 4.69) is 0 Å². The second kappa shape index (κ2) is 9.87. The Morgan fingerprint density at radius 1 is 0.763 bits per heavy atom. The minimum Gasteiger partial charge on any atom is -0.318 e. The predicted octanol–water partition coefficient (Wildman–Crippen LogP) is 5.75. The summed E-state index contributed by atoms with van der Waals surface area (Å²) >= 11 is 5.66. The van der Waals surface area contributed by atoms with Crippen molar-refractivity contribution < 1.29 is 14.5 Å². The molecule has 8 nitrogen and oxygen atoms in total. The van der Waals surface area contributed by atoms with Gasteiger partial charge in [-0.1, -0.05) is 42.5 Å². The maximum absolute atomic E-state index is 13.8. The van der Waals surface area contributed by atoms with E-state index in [9.17, 15) is 19.7 Å². The van der Waals surface area contributed by atoms with Gasteiger partial charge in [0.25, 0.3) is 17.5 Å². The third-order valence-corrected chi connectivity index (χ3v) is 6.71. The molecule has 0 aliphatic carbocycles. The molecule has 3 aromatic carbocycles. The summed E-state index contributed by atoms with van der Waals surface area (Å²) < 4.78 is 1.85. The highest BCUT2D eigenvalue weighted by molar-refractivity contribution is 7.81. The number of carbonyl (C=O) groups excluding carboxylic acids is 2. The van der Waals surface area contributed by atoms with Gasteiger partial charge in [0.05, 0.1) is 22.0 Å². The first-order valence-electron chi connectivity index (χ1n) is 11.8. The maximum atomic E-state index is 13.8. The molecule has 1 aliphatic heterocycles. The lowest BCUT2D eigenvalue weighted by atomic mass is 10.1. The van der Waals surface area contributed by atoms with Crippen molar-refractivity contribution in [2.75, 3.05) is 9.80 Å². The van der Waals surface area contributed by atoms with E-state index in [0.29, 0.717) is 22.6 Å². The summed E-state index contributed by atoms with van der Waals surface area (Å²) in [6.45, 7) is 3.70. The van der Waals surface area contributed by atoms with Crippen molar-refractivity contribution in [1.29, 1.82) is 0 Å². The van der Waals surface area contributed by atoms with Gasteiger partial charge in [-0.05, 0) is 74.1 Å². The van der Waals surface area contributed by atoms with Crippen LogP contribution in [0.1, 0.15) is 17.0 Å². The third kappa shape index (κ3) is 4.29. The van der Waals surface area contributed by atoms with Gasteiger partial charge in [0.15, 0.2) is 5.11 Å². The minimum atomic E-state index is -0.529. The molecule has 2 heterocycles. The fourth-order valence-corrected chi connectivity index (χ4v) is 4.95. The van der Waals surface area contributed by atoms with Crippen LogP contribution in [0.3, 0.4) is 0 Å². The van der Waals surface area contributed by atoms with Crippen LogP contribution in [0.15, 0.2) is 96.6 Å². The third-order valence-electron chi connectivity index (χ3n) is 6.35. The topological polar surface area (TPSA) is 88.7 Å². The molecule has 0 bridgehead atoms. The summed E-state index contributed by atoms with van der Waals surface area (Å²) in [5.74, 6) is -1.06. The molecule has 1 aliphatic rings. The number of thiocarbonyl (C=S) groups is 1. The summed E-state index contributed by atoms with van der Waals surface area (Å²) in [5.41, 5.74) is 3.77. The van der Waals surface area contributed by atoms with Gasteiger partial charge in [-0.3, -0.25) is 29.5 Å². The van der Waals surface area contributed by atoms with Crippen LogP contribution in [0.4, 0.5) is 17.1 Å². The maximum Gasteiger partial charge on any atom is 0.271 e. The molecule has 188 valence electrons. The second-order valence-corrected chi connectivity index (χ2v) is 9.10. The van der Waals surface area contributed by atoms with Gasteiger partial charge in [0, 0.05) is 23.5 Å². The largest absolute Gasteiger partial charge is 0.318 e. The second-order valence-electron chi connectivity index (χ2n) is 8.73. The highest BCUT2D eigenvalue weighted by atomic mass is 32.1. The molecule has 1 fully saturated rings. The number of non-ortho nitro benzene ring substituents is 1. The van der Waals surface area contributed by atoms with E-state index < -0.39 is 16.7 Å². The van der Waals surface area contributed by atoms with Crippen LogP contribution < -0.4 is 9.80 Å². The van der Waals surface area contributed by atoms with Gasteiger partial charge >= 0.3 is 0 Å². The lowest BCUT2D eigenvalue weighted by molar-refractivity contribution is -0.384. The van der Waals surface area contributed by atoms with E-state index in [1.54, 1.807) is 66.7 Å². The van der Waals surface area contributed by atoms with Crippen molar-refractivity contribution >= 4 is 52.3 Å². The molecule has 2 amide bonds. The highest BCUT2D eigenvalue weighted by Gasteiger charge is 2.41. The van der Waals surface area contributed by atoms with Crippen molar-refractivity contribution in [3.63, 3.8) is 0 Å². The van der Waals surface area contributed by atoms with Gasteiger partial charge in [0.1, 0.15) is 5.57 Å². The summed E-state index contributed by atoms with van der Waals surface area (Å²) in [6.07, 6.45) is 1.56. The molecule has 0 atom stereocenters. The van der Waals surface area contributed by atoms with Gasteiger partial charge in [-0.15, -0.1) is 0 Å². The first-order valence-corrected chi connectivity index (χ1v) is 12.2. The zero-order valence-electron chi connectivity index (χ0n) is 20.6. The predicted molar refractivity (Wildman–Crippen MR) is 150 cm³/mol. The van der Waals surface area contributed by atoms with E-state index in [0.717, 1.165) is 11.4 Å². The zero-order chi connectivity index (χ0) is 27.0. The summed E-state index contributed by atoms with van der Waals surface area (Å²) in [4.78, 5) is 41.1. The Kier molecular flexibility index (Phi) is 6.44. The number of hydrogen-bond donors (Lipinski definition) is 0. The first kappa shape index (κ1) is 24.8.